The molecule has 0 N–H and O–H groups in total. The molecule has 1 amide bonds. The summed E-state index contributed by atoms with van der Waals surface area (Å²) in [5, 5.41) is 8.31. The average Bonchev–Trinajstić information content (AvgIpc) is 3.38. The maximum absolute atomic E-state index is 13.1. The summed E-state index contributed by atoms with van der Waals surface area (Å²) < 4.78 is 6.78. The number of nitrogens with zero attached hydrogens (tertiary/aromatic N) is 3. The molecule has 5 nitrogen and oxygen atoms in total. The van der Waals surface area contributed by atoms with E-state index in [2.05, 4.69) is 26.1 Å². The molecule has 2 aromatic carbocycles. The average molecular weight is 444 g/mol. The van der Waals surface area contributed by atoms with Gasteiger partial charge in [0, 0.05) is 23.1 Å². The van der Waals surface area contributed by atoms with Crippen LogP contribution in [0.15, 0.2) is 68.7 Å². The molecule has 1 aliphatic heterocycles. The van der Waals surface area contributed by atoms with Crippen molar-refractivity contribution in [3.05, 3.63) is 64.6 Å². The van der Waals surface area contributed by atoms with Crippen LogP contribution in [-0.4, -0.2) is 34.1 Å². The van der Waals surface area contributed by atoms with Gasteiger partial charge in [-0.2, -0.15) is 0 Å². The Bertz CT molecular complexity index is 926. The Labute approximate surface area is 170 Å². The minimum atomic E-state index is -0.389. The van der Waals surface area contributed by atoms with E-state index in [0.717, 1.165) is 41.5 Å². The molecule has 27 heavy (non-hydrogen) atoms. The van der Waals surface area contributed by atoms with E-state index in [1.165, 1.54) is 11.8 Å². The summed E-state index contributed by atoms with van der Waals surface area (Å²) in [5.41, 5.74) is 1.78. The zero-order chi connectivity index (χ0) is 18.6. The van der Waals surface area contributed by atoms with E-state index in [0.29, 0.717) is 11.1 Å². The topological polar surface area (TPSA) is 59.2 Å². The predicted octanol–water partition coefficient (Wildman–Crippen LogP) is 4.95. The van der Waals surface area contributed by atoms with E-state index >= 15 is 0 Å². The highest BCUT2D eigenvalue weighted by Gasteiger charge is 2.30. The molecule has 0 spiro atoms. The van der Waals surface area contributed by atoms with E-state index in [1.54, 1.807) is 0 Å². The van der Waals surface area contributed by atoms with E-state index in [9.17, 15) is 4.79 Å². The van der Waals surface area contributed by atoms with E-state index < -0.39 is 0 Å². The molecule has 1 atom stereocenters. The zero-order valence-corrected chi connectivity index (χ0v) is 16.9. The first-order valence-corrected chi connectivity index (χ1v) is 10.5. The van der Waals surface area contributed by atoms with E-state index in [1.807, 2.05) is 59.5 Å². The van der Waals surface area contributed by atoms with Gasteiger partial charge in [-0.15, -0.1) is 10.2 Å². The summed E-state index contributed by atoms with van der Waals surface area (Å²) in [4.78, 5) is 15.0. The van der Waals surface area contributed by atoms with Gasteiger partial charge in [0.05, 0.1) is 0 Å². The summed E-state index contributed by atoms with van der Waals surface area (Å²) in [7, 11) is 0. The second kappa shape index (κ2) is 8.27. The number of thioether (sulfide) groups is 1. The Balaban J connectivity index is 1.59. The van der Waals surface area contributed by atoms with Gasteiger partial charge in [0.2, 0.25) is 11.8 Å². The Morgan fingerprint density at radius 1 is 1.07 bits per heavy atom. The smallest absolute Gasteiger partial charge is 0.277 e. The number of aromatic nitrogens is 2. The van der Waals surface area contributed by atoms with Crippen LogP contribution in [0, 0.1) is 0 Å². The van der Waals surface area contributed by atoms with Crippen LogP contribution in [0.3, 0.4) is 0 Å². The van der Waals surface area contributed by atoms with Gasteiger partial charge in [0.15, 0.2) is 0 Å². The van der Waals surface area contributed by atoms with Crippen molar-refractivity contribution in [2.75, 3.05) is 13.1 Å². The predicted molar refractivity (Wildman–Crippen MR) is 108 cm³/mol. The minimum Gasteiger partial charge on any atom is -0.411 e. The third-order valence-corrected chi connectivity index (χ3v) is 6.01. The normalized spacial score (nSPS) is 15.1. The van der Waals surface area contributed by atoms with Crippen molar-refractivity contribution in [1.29, 1.82) is 0 Å². The highest BCUT2D eigenvalue weighted by molar-refractivity contribution is 9.10. The van der Waals surface area contributed by atoms with Crippen molar-refractivity contribution in [3.8, 4) is 11.5 Å². The third kappa shape index (κ3) is 4.25. The fourth-order valence-electron chi connectivity index (χ4n) is 3.09. The van der Waals surface area contributed by atoms with Gasteiger partial charge in [0.25, 0.3) is 5.22 Å². The molecule has 0 aliphatic carbocycles. The molecule has 3 aromatic rings. The van der Waals surface area contributed by atoms with Gasteiger partial charge in [-0.25, -0.2) is 0 Å². The van der Waals surface area contributed by atoms with Crippen LogP contribution in [0.5, 0.6) is 0 Å². The number of carbonyl (C=O) groups excluding carboxylic acids is 1. The third-order valence-electron chi connectivity index (χ3n) is 4.44. The second-order valence-electron chi connectivity index (χ2n) is 6.32. The molecule has 7 heteroatoms. The Hall–Kier alpha value is -2.12. The summed E-state index contributed by atoms with van der Waals surface area (Å²) in [6.07, 6.45) is 2.12. The molecule has 0 saturated carbocycles. The van der Waals surface area contributed by atoms with Crippen molar-refractivity contribution in [3.63, 3.8) is 0 Å². The fourth-order valence-corrected chi connectivity index (χ4v) is 4.45. The first-order valence-electron chi connectivity index (χ1n) is 8.80. The number of hydrogen-bond donors (Lipinski definition) is 0. The van der Waals surface area contributed by atoms with Gasteiger partial charge >= 0.3 is 0 Å². The Morgan fingerprint density at radius 2 is 1.85 bits per heavy atom. The lowest BCUT2D eigenvalue weighted by molar-refractivity contribution is -0.129. The summed E-state index contributed by atoms with van der Waals surface area (Å²) in [6.45, 7) is 1.63. The summed E-state index contributed by atoms with van der Waals surface area (Å²) in [6, 6.07) is 17.5. The number of rotatable bonds is 5. The van der Waals surface area contributed by atoms with Crippen molar-refractivity contribution >= 4 is 33.6 Å². The first-order chi connectivity index (χ1) is 13.2. The number of likely N-dealkylation sites (tertiary alicyclic amines) is 1. The van der Waals surface area contributed by atoms with E-state index in [4.69, 9.17) is 4.42 Å². The number of hydrogen-bond acceptors (Lipinski definition) is 5. The van der Waals surface area contributed by atoms with Crippen LogP contribution in [0.1, 0.15) is 23.7 Å². The van der Waals surface area contributed by atoms with Crippen molar-refractivity contribution in [2.45, 2.75) is 23.3 Å². The largest absolute Gasteiger partial charge is 0.411 e. The van der Waals surface area contributed by atoms with Crippen LogP contribution in [-0.2, 0) is 4.79 Å². The lowest BCUT2D eigenvalue weighted by Crippen LogP contribution is -2.31. The van der Waals surface area contributed by atoms with E-state index in [-0.39, 0.29) is 11.2 Å². The maximum atomic E-state index is 13.1. The molecule has 2 heterocycles. The van der Waals surface area contributed by atoms with Crippen LogP contribution >= 0.6 is 27.7 Å². The molecule has 138 valence electrons. The summed E-state index contributed by atoms with van der Waals surface area (Å²) >= 11 is 4.76. The molecule has 1 aromatic heterocycles. The molecular weight excluding hydrogens is 426 g/mol. The Kier molecular flexibility index (Phi) is 5.59. The van der Waals surface area contributed by atoms with Crippen LogP contribution in [0.2, 0.25) is 0 Å². The Morgan fingerprint density at radius 3 is 2.59 bits per heavy atom. The van der Waals surface area contributed by atoms with Gasteiger partial charge in [-0.05, 0) is 48.4 Å². The van der Waals surface area contributed by atoms with Crippen molar-refractivity contribution < 1.29 is 9.21 Å². The van der Waals surface area contributed by atoms with Gasteiger partial charge in [-0.3, -0.25) is 4.79 Å². The van der Waals surface area contributed by atoms with Crippen molar-refractivity contribution in [1.82, 2.24) is 15.1 Å². The number of carbonyl (C=O) groups is 1. The number of halogens is 1. The lowest BCUT2D eigenvalue weighted by atomic mass is 10.1. The first kappa shape index (κ1) is 18.3. The molecular formula is C20H18BrN3O2S. The molecule has 4 rings (SSSR count). The highest BCUT2D eigenvalue weighted by Crippen LogP contribution is 2.37. The van der Waals surface area contributed by atoms with Crippen LogP contribution in [0.4, 0.5) is 0 Å². The monoisotopic (exact) mass is 443 g/mol. The van der Waals surface area contributed by atoms with Crippen LogP contribution < -0.4 is 0 Å². The quantitative estimate of drug-likeness (QED) is 0.521. The lowest BCUT2D eigenvalue weighted by Gasteiger charge is -2.22. The maximum Gasteiger partial charge on any atom is 0.277 e. The number of benzene rings is 2. The van der Waals surface area contributed by atoms with Crippen LogP contribution in [0.25, 0.3) is 11.5 Å². The summed E-state index contributed by atoms with van der Waals surface area (Å²) in [5.74, 6) is 0.546. The SMILES string of the molecule is O=C([C@H](Sc1nnc(-c2cccc(Br)c2)o1)c1ccccc1)N1CCCC1. The zero-order valence-electron chi connectivity index (χ0n) is 14.5. The van der Waals surface area contributed by atoms with Crippen molar-refractivity contribution in [2.24, 2.45) is 0 Å². The van der Waals surface area contributed by atoms with Gasteiger partial charge in [0.1, 0.15) is 5.25 Å². The molecule has 0 radical (unpaired) electrons. The second-order valence-corrected chi connectivity index (χ2v) is 8.30. The standard InChI is InChI=1S/C20H18BrN3O2S/c21-16-10-6-9-15(13-16)18-22-23-20(26-18)27-17(14-7-2-1-3-8-14)19(25)24-11-4-5-12-24/h1-3,6-10,13,17H,4-5,11-12H2/t17-/m1/s1. The molecule has 1 aliphatic rings. The van der Waals surface area contributed by atoms with Gasteiger partial charge < -0.3 is 9.32 Å². The molecule has 0 unspecified atom stereocenters. The number of amides is 1. The fraction of sp³-hybridized carbons (Fsp3) is 0.250. The molecule has 0 bridgehead atoms. The minimum absolute atomic E-state index is 0.103. The molecule has 1 saturated heterocycles. The highest BCUT2D eigenvalue weighted by atomic mass is 79.9. The molecule has 1 fully saturated rings. The van der Waals surface area contributed by atoms with Gasteiger partial charge in [-0.1, -0.05) is 52.3 Å².